The molecular weight excluding hydrogens is 310 g/mol. The topological polar surface area (TPSA) is 135 Å². The van der Waals surface area contributed by atoms with Gasteiger partial charge in [0, 0.05) is 5.38 Å². The highest BCUT2D eigenvalue weighted by molar-refractivity contribution is 7.91. The number of hydrogen-bond acceptors (Lipinski definition) is 7. The summed E-state index contributed by atoms with van der Waals surface area (Å²) in [5.41, 5.74) is 0.213. The molecule has 9 nitrogen and oxygen atoms in total. The highest BCUT2D eigenvalue weighted by Gasteiger charge is 2.18. The number of carbonyl (C=O) groups is 2. The Kier molecular flexibility index (Phi) is 5.27. The van der Waals surface area contributed by atoms with Crippen LogP contribution >= 0.6 is 11.3 Å². The molecule has 0 atom stereocenters. The van der Waals surface area contributed by atoms with Gasteiger partial charge < -0.3 is 9.84 Å². The van der Waals surface area contributed by atoms with E-state index in [1.165, 1.54) is 5.38 Å². The summed E-state index contributed by atoms with van der Waals surface area (Å²) in [5.74, 6) is -1.08. The van der Waals surface area contributed by atoms with Gasteiger partial charge in [-0.2, -0.15) is 8.42 Å². The van der Waals surface area contributed by atoms with Crippen LogP contribution in [0.25, 0.3) is 0 Å². The molecule has 0 saturated heterocycles. The minimum absolute atomic E-state index is 0.0499. The molecule has 0 spiro atoms. The number of aromatic nitrogens is 1. The molecule has 1 amide bonds. The second kappa shape index (κ2) is 6.52. The highest BCUT2D eigenvalue weighted by Crippen LogP contribution is 2.16. The molecule has 3 N–H and O–H groups in total. The SMILES string of the molecule is CC(C)OC(=O)NS(=O)(=O)Nc1nc(CC(=O)O)cs1. The molecule has 0 aliphatic heterocycles. The third-order valence-corrected chi connectivity index (χ3v) is 3.50. The molecule has 1 aromatic heterocycles. The molecule has 20 heavy (non-hydrogen) atoms. The molecule has 11 heteroatoms. The van der Waals surface area contributed by atoms with Gasteiger partial charge in [-0.3, -0.25) is 4.79 Å². The van der Waals surface area contributed by atoms with Crippen molar-refractivity contribution in [3.63, 3.8) is 0 Å². The maximum atomic E-state index is 11.6. The summed E-state index contributed by atoms with van der Waals surface area (Å²) in [7, 11) is -4.17. The van der Waals surface area contributed by atoms with Gasteiger partial charge in [0.1, 0.15) is 0 Å². The predicted molar refractivity (Wildman–Crippen MR) is 70.7 cm³/mol. The van der Waals surface area contributed by atoms with E-state index in [9.17, 15) is 18.0 Å². The normalized spacial score (nSPS) is 11.2. The molecular formula is C9H13N3O6S2. The summed E-state index contributed by atoms with van der Waals surface area (Å²) in [5, 5.41) is 9.92. The molecule has 0 aliphatic rings. The second-order valence-electron chi connectivity index (χ2n) is 3.88. The Balaban J connectivity index is 2.64. The largest absolute Gasteiger partial charge is 0.481 e. The molecule has 1 aromatic rings. The summed E-state index contributed by atoms with van der Waals surface area (Å²) < 4.78 is 31.3. The van der Waals surface area contributed by atoms with Crippen molar-refractivity contribution in [1.29, 1.82) is 0 Å². The van der Waals surface area contributed by atoms with Crippen LogP contribution < -0.4 is 9.44 Å². The molecule has 1 heterocycles. The summed E-state index contributed by atoms with van der Waals surface area (Å²) >= 11 is 0.903. The van der Waals surface area contributed by atoms with E-state index in [1.807, 2.05) is 4.72 Å². The number of aliphatic carboxylic acids is 1. The number of carboxylic acid groups (broad SMARTS) is 1. The smallest absolute Gasteiger partial charge is 0.422 e. The monoisotopic (exact) mass is 323 g/mol. The number of hydrogen-bond donors (Lipinski definition) is 3. The number of rotatable bonds is 6. The molecule has 1 rings (SSSR count). The minimum Gasteiger partial charge on any atom is -0.481 e. The third kappa shape index (κ3) is 5.84. The lowest BCUT2D eigenvalue weighted by atomic mass is 10.3. The first-order chi connectivity index (χ1) is 9.18. The van der Waals surface area contributed by atoms with Gasteiger partial charge in [-0.1, -0.05) is 0 Å². The Labute approximate surface area is 119 Å². The molecule has 0 bridgehead atoms. The lowest BCUT2D eigenvalue weighted by Gasteiger charge is -2.09. The van der Waals surface area contributed by atoms with Crippen LogP contribution in [-0.4, -0.2) is 36.7 Å². The maximum Gasteiger partial charge on any atom is 0.422 e. The molecule has 0 aliphatic carbocycles. The standard InChI is InChI=1S/C9H13N3O6S2/c1-5(2)18-9(15)12-20(16,17)11-8-10-6(4-19-8)3-7(13)14/h4-5H,3H2,1-2H3,(H,10,11)(H,12,15)(H,13,14). The number of nitrogens with zero attached hydrogens (tertiary/aromatic N) is 1. The van der Waals surface area contributed by atoms with Gasteiger partial charge in [0.2, 0.25) is 0 Å². The number of thiazole rings is 1. The van der Waals surface area contributed by atoms with Crippen LogP contribution in [0.2, 0.25) is 0 Å². The van der Waals surface area contributed by atoms with Gasteiger partial charge in [-0.25, -0.2) is 19.2 Å². The fraction of sp³-hybridized carbons (Fsp3) is 0.444. The van der Waals surface area contributed by atoms with Crippen LogP contribution in [0, 0.1) is 0 Å². The van der Waals surface area contributed by atoms with Crippen molar-refractivity contribution >= 4 is 38.7 Å². The van der Waals surface area contributed by atoms with Crippen molar-refractivity contribution in [3.8, 4) is 0 Å². The van der Waals surface area contributed by atoms with Crippen LogP contribution in [0.5, 0.6) is 0 Å². The fourth-order valence-corrected chi connectivity index (χ4v) is 2.75. The Morgan fingerprint density at radius 2 is 2.15 bits per heavy atom. The summed E-state index contributed by atoms with van der Waals surface area (Å²) in [6.07, 6.45) is -1.90. The molecule has 112 valence electrons. The van der Waals surface area contributed by atoms with Crippen molar-refractivity contribution in [3.05, 3.63) is 11.1 Å². The number of ether oxygens (including phenoxy) is 1. The molecule has 0 unspecified atom stereocenters. The van der Waals surface area contributed by atoms with Crippen LogP contribution in [0.4, 0.5) is 9.93 Å². The zero-order valence-electron chi connectivity index (χ0n) is 10.6. The number of nitrogens with one attached hydrogen (secondary N) is 2. The van der Waals surface area contributed by atoms with E-state index in [0.717, 1.165) is 11.3 Å². The quantitative estimate of drug-likeness (QED) is 0.696. The Morgan fingerprint density at radius 3 is 2.70 bits per heavy atom. The molecule has 0 aromatic carbocycles. The second-order valence-corrected chi connectivity index (χ2v) is 6.15. The van der Waals surface area contributed by atoms with Crippen molar-refractivity contribution < 1.29 is 27.9 Å². The van der Waals surface area contributed by atoms with Gasteiger partial charge in [0.15, 0.2) is 5.13 Å². The van der Waals surface area contributed by atoms with E-state index in [2.05, 4.69) is 9.72 Å². The third-order valence-electron chi connectivity index (χ3n) is 1.67. The van der Waals surface area contributed by atoms with Crippen molar-refractivity contribution in [2.75, 3.05) is 4.72 Å². The average molecular weight is 323 g/mol. The maximum absolute atomic E-state index is 11.6. The Hall–Kier alpha value is -1.88. The van der Waals surface area contributed by atoms with Gasteiger partial charge in [-0.15, -0.1) is 11.3 Å². The summed E-state index contributed by atoms with van der Waals surface area (Å²) in [6, 6.07) is 0. The van der Waals surface area contributed by atoms with Gasteiger partial charge in [0.25, 0.3) is 0 Å². The van der Waals surface area contributed by atoms with E-state index in [0.29, 0.717) is 0 Å². The molecule has 0 saturated carbocycles. The van der Waals surface area contributed by atoms with Crippen molar-refractivity contribution in [1.82, 2.24) is 9.71 Å². The zero-order valence-corrected chi connectivity index (χ0v) is 12.2. The van der Waals surface area contributed by atoms with Gasteiger partial charge in [0.05, 0.1) is 18.2 Å². The average Bonchev–Trinajstić information content (AvgIpc) is 2.60. The fourth-order valence-electron chi connectivity index (χ4n) is 1.08. The summed E-state index contributed by atoms with van der Waals surface area (Å²) in [4.78, 5) is 25.4. The van der Waals surface area contributed by atoms with Crippen LogP contribution in [0.15, 0.2) is 5.38 Å². The van der Waals surface area contributed by atoms with Gasteiger partial charge >= 0.3 is 22.3 Å². The van der Waals surface area contributed by atoms with E-state index in [1.54, 1.807) is 18.6 Å². The van der Waals surface area contributed by atoms with Crippen molar-refractivity contribution in [2.24, 2.45) is 0 Å². The minimum atomic E-state index is -4.17. The lowest BCUT2D eigenvalue weighted by molar-refractivity contribution is -0.136. The van der Waals surface area contributed by atoms with E-state index >= 15 is 0 Å². The first-order valence-corrected chi connectivity index (χ1v) is 7.71. The van der Waals surface area contributed by atoms with Crippen LogP contribution in [0.1, 0.15) is 19.5 Å². The van der Waals surface area contributed by atoms with E-state index in [4.69, 9.17) is 5.11 Å². The zero-order chi connectivity index (χ0) is 15.3. The van der Waals surface area contributed by atoms with E-state index < -0.39 is 28.4 Å². The first kappa shape index (κ1) is 16.2. The highest BCUT2D eigenvalue weighted by atomic mass is 32.2. The van der Waals surface area contributed by atoms with Crippen LogP contribution in [-0.2, 0) is 26.2 Å². The number of carboxylic acids is 1. The predicted octanol–water partition coefficient (Wildman–Crippen LogP) is 0.561. The molecule has 0 radical (unpaired) electrons. The Bertz CT molecular complexity index is 595. The van der Waals surface area contributed by atoms with Crippen molar-refractivity contribution in [2.45, 2.75) is 26.4 Å². The van der Waals surface area contributed by atoms with E-state index in [-0.39, 0.29) is 17.2 Å². The number of amides is 1. The van der Waals surface area contributed by atoms with Gasteiger partial charge in [-0.05, 0) is 13.8 Å². The number of anilines is 1. The first-order valence-electron chi connectivity index (χ1n) is 5.35. The van der Waals surface area contributed by atoms with Crippen LogP contribution in [0.3, 0.4) is 0 Å². The lowest BCUT2D eigenvalue weighted by Crippen LogP contribution is -2.36. The Morgan fingerprint density at radius 1 is 1.50 bits per heavy atom. The summed E-state index contributed by atoms with van der Waals surface area (Å²) in [6.45, 7) is 3.14. The number of carbonyl (C=O) groups excluding carboxylic acids is 1. The molecule has 0 fully saturated rings.